The van der Waals surface area contributed by atoms with Crippen LogP contribution in [0.3, 0.4) is 0 Å². The topological polar surface area (TPSA) is 80.9 Å². The van der Waals surface area contributed by atoms with Gasteiger partial charge in [0, 0.05) is 8.86 Å². The van der Waals surface area contributed by atoms with Gasteiger partial charge in [-0.25, -0.2) is 0 Å². The molecule has 0 aliphatic rings. The fraction of sp³-hybridized carbons (Fsp3) is 1.00. The standard InChI is InChI=1S/C6H12I2O4/c7-1-3(9)5(11)6(12)4(10)2-8/h3-6,9-12H,1-2H2/t3-,4+,5-,6+. The predicted molar refractivity (Wildman–Crippen MR) is 61.8 cm³/mol. The molecule has 0 aromatic carbocycles. The Labute approximate surface area is 98.3 Å². The van der Waals surface area contributed by atoms with Crippen molar-refractivity contribution in [2.24, 2.45) is 0 Å². The van der Waals surface area contributed by atoms with Crippen molar-refractivity contribution in [2.45, 2.75) is 24.4 Å². The number of hydrogen-bond donors (Lipinski definition) is 4. The molecule has 0 aliphatic heterocycles. The van der Waals surface area contributed by atoms with E-state index in [-0.39, 0.29) is 0 Å². The summed E-state index contributed by atoms with van der Waals surface area (Å²) in [7, 11) is 0. The van der Waals surface area contributed by atoms with Crippen molar-refractivity contribution in [3.05, 3.63) is 0 Å². The Morgan fingerprint density at radius 2 is 1.00 bits per heavy atom. The minimum absolute atomic E-state index is 0.323. The smallest absolute Gasteiger partial charge is 0.109 e. The summed E-state index contributed by atoms with van der Waals surface area (Å²) in [5.74, 6) is 0. The second-order valence-corrected chi connectivity index (χ2v) is 4.19. The lowest BCUT2D eigenvalue weighted by molar-refractivity contribution is -0.0908. The average molecular weight is 402 g/mol. The predicted octanol–water partition coefficient (Wildman–Crippen LogP) is -0.700. The van der Waals surface area contributed by atoms with Crippen molar-refractivity contribution in [2.75, 3.05) is 8.86 Å². The number of rotatable bonds is 5. The first-order valence-corrected chi connectivity index (χ1v) is 6.43. The lowest BCUT2D eigenvalue weighted by Crippen LogP contribution is -2.45. The van der Waals surface area contributed by atoms with Gasteiger partial charge in [-0.15, -0.1) is 0 Å². The van der Waals surface area contributed by atoms with E-state index < -0.39 is 24.4 Å². The van der Waals surface area contributed by atoms with Crippen molar-refractivity contribution < 1.29 is 20.4 Å². The van der Waals surface area contributed by atoms with E-state index in [2.05, 4.69) is 0 Å². The van der Waals surface area contributed by atoms with Gasteiger partial charge in [-0.1, -0.05) is 45.2 Å². The third-order valence-corrected chi connectivity index (χ3v) is 3.26. The van der Waals surface area contributed by atoms with Gasteiger partial charge >= 0.3 is 0 Å². The minimum atomic E-state index is -1.27. The Morgan fingerprint density at radius 3 is 1.17 bits per heavy atom. The van der Waals surface area contributed by atoms with Gasteiger partial charge in [-0.2, -0.15) is 0 Å². The first-order valence-electron chi connectivity index (χ1n) is 3.38. The molecule has 4 N–H and O–H groups in total. The SMILES string of the molecule is O[C@H]([C@H](O)[C@H](O)CI)[C@@H](O)CI. The van der Waals surface area contributed by atoms with Crippen LogP contribution in [0.2, 0.25) is 0 Å². The first-order chi connectivity index (χ1) is 5.54. The van der Waals surface area contributed by atoms with Gasteiger partial charge in [0.25, 0.3) is 0 Å². The van der Waals surface area contributed by atoms with E-state index in [1.165, 1.54) is 0 Å². The summed E-state index contributed by atoms with van der Waals surface area (Å²) in [6, 6.07) is 0. The van der Waals surface area contributed by atoms with Crippen LogP contribution in [0.25, 0.3) is 0 Å². The summed E-state index contributed by atoms with van der Waals surface area (Å²) in [5.41, 5.74) is 0. The maximum absolute atomic E-state index is 9.22. The highest BCUT2D eigenvalue weighted by atomic mass is 127. The molecule has 12 heavy (non-hydrogen) atoms. The van der Waals surface area contributed by atoms with Crippen LogP contribution >= 0.6 is 45.2 Å². The van der Waals surface area contributed by atoms with Crippen LogP contribution in [0, 0.1) is 0 Å². The van der Waals surface area contributed by atoms with Gasteiger partial charge in [-0.3, -0.25) is 0 Å². The second-order valence-electron chi connectivity index (χ2n) is 2.42. The molecule has 4 nitrogen and oxygen atoms in total. The van der Waals surface area contributed by atoms with E-state index in [9.17, 15) is 10.2 Å². The number of aliphatic hydroxyl groups excluding tert-OH is 4. The number of aliphatic hydroxyl groups is 4. The number of halogens is 2. The molecule has 0 unspecified atom stereocenters. The van der Waals surface area contributed by atoms with Gasteiger partial charge in [0.1, 0.15) is 12.2 Å². The monoisotopic (exact) mass is 402 g/mol. The van der Waals surface area contributed by atoms with Gasteiger partial charge in [0.15, 0.2) is 0 Å². The fourth-order valence-corrected chi connectivity index (χ4v) is 1.68. The van der Waals surface area contributed by atoms with Gasteiger partial charge in [0.05, 0.1) is 12.2 Å². The molecule has 0 aromatic heterocycles. The van der Waals surface area contributed by atoms with Crippen molar-refractivity contribution >= 4 is 45.2 Å². The van der Waals surface area contributed by atoms with Gasteiger partial charge < -0.3 is 20.4 Å². The molecule has 74 valence electrons. The largest absolute Gasteiger partial charge is 0.390 e. The van der Waals surface area contributed by atoms with Crippen LogP contribution < -0.4 is 0 Å². The Bertz CT molecular complexity index is 110. The highest BCUT2D eigenvalue weighted by Crippen LogP contribution is 2.08. The molecule has 0 heterocycles. The summed E-state index contributed by atoms with van der Waals surface area (Å²) in [6.45, 7) is 0. The molecule has 0 amide bonds. The summed E-state index contributed by atoms with van der Waals surface area (Å²) in [4.78, 5) is 0. The summed E-state index contributed by atoms with van der Waals surface area (Å²) in [6.07, 6.45) is -4.52. The molecule has 6 heteroatoms. The molecule has 4 atom stereocenters. The summed E-state index contributed by atoms with van der Waals surface area (Å²) < 4.78 is 0.647. The molecule has 0 rings (SSSR count). The van der Waals surface area contributed by atoms with Crippen LogP contribution in [0.15, 0.2) is 0 Å². The molecule has 0 radical (unpaired) electrons. The van der Waals surface area contributed by atoms with Gasteiger partial charge in [0.2, 0.25) is 0 Å². The zero-order chi connectivity index (χ0) is 9.72. The van der Waals surface area contributed by atoms with Crippen LogP contribution in [0.5, 0.6) is 0 Å². The molecule has 0 aromatic rings. The third-order valence-electron chi connectivity index (χ3n) is 1.45. The fourth-order valence-electron chi connectivity index (χ4n) is 0.638. The average Bonchev–Trinajstić information content (AvgIpc) is 2.12. The molecule has 0 spiro atoms. The van der Waals surface area contributed by atoms with E-state index in [4.69, 9.17) is 10.2 Å². The maximum Gasteiger partial charge on any atom is 0.109 e. The molecule has 0 saturated heterocycles. The Morgan fingerprint density at radius 1 is 0.750 bits per heavy atom. The lowest BCUT2D eigenvalue weighted by atomic mass is 10.1. The van der Waals surface area contributed by atoms with Gasteiger partial charge in [-0.05, 0) is 0 Å². The second kappa shape index (κ2) is 6.71. The minimum Gasteiger partial charge on any atom is -0.390 e. The molecule has 0 saturated carbocycles. The number of hydrogen-bond acceptors (Lipinski definition) is 4. The Kier molecular flexibility index (Phi) is 7.44. The van der Waals surface area contributed by atoms with Crippen LogP contribution in [-0.4, -0.2) is 53.7 Å². The van der Waals surface area contributed by atoms with E-state index >= 15 is 0 Å². The van der Waals surface area contributed by atoms with E-state index in [0.29, 0.717) is 8.86 Å². The maximum atomic E-state index is 9.22. The zero-order valence-electron chi connectivity index (χ0n) is 6.27. The van der Waals surface area contributed by atoms with Crippen molar-refractivity contribution in [3.8, 4) is 0 Å². The first kappa shape index (κ1) is 13.3. The Hall–Kier alpha value is 1.30. The molecular formula is C6H12I2O4. The van der Waals surface area contributed by atoms with Crippen LogP contribution in [0.1, 0.15) is 0 Å². The van der Waals surface area contributed by atoms with Crippen molar-refractivity contribution in [1.29, 1.82) is 0 Å². The highest BCUT2D eigenvalue weighted by molar-refractivity contribution is 14.1. The van der Waals surface area contributed by atoms with Crippen molar-refractivity contribution in [3.63, 3.8) is 0 Å². The molecule has 0 bridgehead atoms. The summed E-state index contributed by atoms with van der Waals surface area (Å²) in [5, 5.41) is 36.7. The van der Waals surface area contributed by atoms with E-state index in [1.807, 2.05) is 45.2 Å². The highest BCUT2D eigenvalue weighted by Gasteiger charge is 2.28. The normalized spacial score (nSPS) is 21.5. The van der Waals surface area contributed by atoms with E-state index in [0.717, 1.165) is 0 Å². The molecule has 0 fully saturated rings. The zero-order valence-corrected chi connectivity index (χ0v) is 10.6. The quantitative estimate of drug-likeness (QED) is 0.363. The molecular weight excluding hydrogens is 390 g/mol. The Balaban J connectivity index is 3.99. The summed E-state index contributed by atoms with van der Waals surface area (Å²) >= 11 is 3.79. The van der Waals surface area contributed by atoms with Crippen LogP contribution in [-0.2, 0) is 0 Å². The van der Waals surface area contributed by atoms with Crippen molar-refractivity contribution in [1.82, 2.24) is 0 Å². The lowest BCUT2D eigenvalue weighted by Gasteiger charge is -2.24. The third kappa shape index (κ3) is 4.01. The van der Waals surface area contributed by atoms with E-state index in [1.54, 1.807) is 0 Å². The molecule has 0 aliphatic carbocycles. The number of alkyl halides is 2. The van der Waals surface area contributed by atoms with Crippen LogP contribution in [0.4, 0.5) is 0 Å².